The van der Waals surface area contributed by atoms with E-state index < -0.39 is 0 Å². The molecule has 0 radical (unpaired) electrons. The lowest BCUT2D eigenvalue weighted by Gasteiger charge is -2.02. The third kappa shape index (κ3) is 3.39. The van der Waals surface area contributed by atoms with Gasteiger partial charge in [0, 0.05) is 37.6 Å². The van der Waals surface area contributed by atoms with Crippen LogP contribution in [0.4, 0.5) is 5.82 Å². The van der Waals surface area contributed by atoms with E-state index in [1.165, 1.54) is 0 Å². The van der Waals surface area contributed by atoms with Gasteiger partial charge in [-0.25, -0.2) is 0 Å². The van der Waals surface area contributed by atoms with Crippen LogP contribution in [0.15, 0.2) is 36.8 Å². The quantitative estimate of drug-likeness (QED) is 0.808. The van der Waals surface area contributed by atoms with Crippen LogP contribution in [0.25, 0.3) is 0 Å². The predicted octanol–water partition coefficient (Wildman–Crippen LogP) is 0.614. The molecular weight excluding hydrogens is 230 g/mol. The largest absolute Gasteiger partial charge is 0.330 e. The van der Waals surface area contributed by atoms with Crippen molar-refractivity contribution in [3.05, 3.63) is 42.4 Å². The molecule has 0 saturated carbocycles. The number of amides is 1. The van der Waals surface area contributed by atoms with E-state index in [4.69, 9.17) is 5.73 Å². The Morgan fingerprint density at radius 2 is 2.11 bits per heavy atom. The summed E-state index contributed by atoms with van der Waals surface area (Å²) in [4.78, 5) is 15.3. The van der Waals surface area contributed by atoms with Crippen molar-refractivity contribution in [3.63, 3.8) is 0 Å². The van der Waals surface area contributed by atoms with E-state index in [0.717, 1.165) is 5.56 Å². The van der Waals surface area contributed by atoms with E-state index in [9.17, 15) is 4.79 Å². The minimum atomic E-state index is -0.119. The van der Waals surface area contributed by atoms with Crippen LogP contribution >= 0.6 is 0 Å². The highest BCUT2D eigenvalue weighted by Gasteiger charge is 2.04. The maximum atomic E-state index is 11.3. The lowest BCUT2D eigenvalue weighted by Crippen LogP contribution is -2.16. The summed E-state index contributed by atoms with van der Waals surface area (Å²) in [5.74, 6) is 0.425. The van der Waals surface area contributed by atoms with Gasteiger partial charge in [0.1, 0.15) is 0 Å². The molecular formula is C12H15N5O. The number of hydrogen-bond acceptors (Lipinski definition) is 4. The van der Waals surface area contributed by atoms with Crippen molar-refractivity contribution in [2.75, 3.05) is 11.9 Å². The maximum Gasteiger partial charge on any atom is 0.226 e. The van der Waals surface area contributed by atoms with Gasteiger partial charge in [-0.2, -0.15) is 5.10 Å². The van der Waals surface area contributed by atoms with E-state index in [-0.39, 0.29) is 5.91 Å². The van der Waals surface area contributed by atoms with Crippen LogP contribution in [0.1, 0.15) is 12.0 Å². The monoisotopic (exact) mass is 245 g/mol. The summed E-state index contributed by atoms with van der Waals surface area (Å²) >= 11 is 0. The highest BCUT2D eigenvalue weighted by atomic mass is 16.1. The molecule has 0 fully saturated rings. The molecule has 0 bridgehead atoms. The van der Waals surface area contributed by atoms with Gasteiger partial charge in [0.2, 0.25) is 5.91 Å². The lowest BCUT2D eigenvalue weighted by molar-refractivity contribution is -0.116. The second kappa shape index (κ2) is 5.92. The van der Waals surface area contributed by atoms with E-state index in [0.29, 0.717) is 25.3 Å². The molecule has 0 aliphatic rings. The van der Waals surface area contributed by atoms with E-state index in [2.05, 4.69) is 15.4 Å². The summed E-state index contributed by atoms with van der Waals surface area (Å²) < 4.78 is 1.76. The topological polar surface area (TPSA) is 85.8 Å². The average Bonchev–Trinajstić information content (AvgIpc) is 2.78. The van der Waals surface area contributed by atoms with Crippen LogP contribution in [0, 0.1) is 0 Å². The summed E-state index contributed by atoms with van der Waals surface area (Å²) in [5, 5.41) is 6.94. The van der Waals surface area contributed by atoms with Crippen molar-refractivity contribution >= 4 is 11.7 Å². The zero-order valence-electron chi connectivity index (χ0n) is 9.91. The molecule has 6 heteroatoms. The van der Waals surface area contributed by atoms with Crippen molar-refractivity contribution < 1.29 is 4.79 Å². The molecule has 0 aliphatic heterocycles. The Morgan fingerprint density at radius 3 is 2.83 bits per heavy atom. The number of aromatic nitrogens is 3. The zero-order chi connectivity index (χ0) is 12.8. The number of nitrogens with one attached hydrogen (secondary N) is 1. The van der Waals surface area contributed by atoms with Gasteiger partial charge in [0.15, 0.2) is 5.82 Å². The first kappa shape index (κ1) is 12.3. The van der Waals surface area contributed by atoms with E-state index in [1.54, 1.807) is 23.1 Å². The standard InChI is InChI=1S/C12H15N5O/c13-5-1-12(18)15-11-4-8-17(16-11)9-10-2-6-14-7-3-10/h2-4,6-8H,1,5,9,13H2,(H,15,16,18). The third-order valence-corrected chi connectivity index (χ3v) is 2.37. The molecule has 2 aromatic rings. The summed E-state index contributed by atoms with van der Waals surface area (Å²) in [6.07, 6.45) is 5.60. The van der Waals surface area contributed by atoms with Gasteiger partial charge in [-0.15, -0.1) is 0 Å². The van der Waals surface area contributed by atoms with Crippen LogP contribution in [-0.4, -0.2) is 27.2 Å². The maximum absolute atomic E-state index is 11.3. The number of nitrogens with zero attached hydrogens (tertiary/aromatic N) is 3. The predicted molar refractivity (Wildman–Crippen MR) is 67.9 cm³/mol. The van der Waals surface area contributed by atoms with Gasteiger partial charge in [-0.05, 0) is 17.7 Å². The van der Waals surface area contributed by atoms with Crippen molar-refractivity contribution in [1.29, 1.82) is 0 Å². The van der Waals surface area contributed by atoms with Crippen molar-refractivity contribution in [3.8, 4) is 0 Å². The molecule has 0 spiro atoms. The van der Waals surface area contributed by atoms with Crippen LogP contribution in [0.5, 0.6) is 0 Å². The first-order valence-corrected chi connectivity index (χ1v) is 5.70. The van der Waals surface area contributed by atoms with Gasteiger partial charge in [-0.1, -0.05) is 0 Å². The van der Waals surface area contributed by atoms with Crippen LogP contribution in [0.2, 0.25) is 0 Å². The number of pyridine rings is 1. The number of carbonyl (C=O) groups is 1. The van der Waals surface area contributed by atoms with Crippen LogP contribution < -0.4 is 11.1 Å². The Balaban J connectivity index is 1.96. The third-order valence-electron chi connectivity index (χ3n) is 2.37. The van der Waals surface area contributed by atoms with Crippen LogP contribution in [-0.2, 0) is 11.3 Å². The van der Waals surface area contributed by atoms with Crippen molar-refractivity contribution in [1.82, 2.24) is 14.8 Å². The zero-order valence-corrected chi connectivity index (χ0v) is 9.91. The molecule has 2 aromatic heterocycles. The van der Waals surface area contributed by atoms with E-state index >= 15 is 0 Å². The number of anilines is 1. The lowest BCUT2D eigenvalue weighted by atomic mass is 10.3. The average molecular weight is 245 g/mol. The molecule has 0 aromatic carbocycles. The first-order chi connectivity index (χ1) is 8.78. The molecule has 18 heavy (non-hydrogen) atoms. The molecule has 2 rings (SSSR count). The Labute approximate surface area is 105 Å². The fourth-order valence-electron chi connectivity index (χ4n) is 1.53. The Hall–Kier alpha value is -2.21. The van der Waals surface area contributed by atoms with Gasteiger partial charge in [0.25, 0.3) is 0 Å². The van der Waals surface area contributed by atoms with Crippen LogP contribution in [0.3, 0.4) is 0 Å². The molecule has 0 aliphatic carbocycles. The highest BCUT2D eigenvalue weighted by Crippen LogP contribution is 2.06. The van der Waals surface area contributed by atoms with Gasteiger partial charge < -0.3 is 11.1 Å². The number of rotatable bonds is 5. The fourth-order valence-corrected chi connectivity index (χ4v) is 1.53. The molecule has 1 amide bonds. The summed E-state index contributed by atoms with van der Waals surface area (Å²) in [6.45, 7) is 0.985. The Bertz CT molecular complexity index is 508. The number of hydrogen-bond donors (Lipinski definition) is 2. The van der Waals surface area contributed by atoms with Gasteiger partial charge >= 0.3 is 0 Å². The molecule has 0 saturated heterocycles. The number of nitrogens with two attached hydrogens (primary N) is 1. The first-order valence-electron chi connectivity index (χ1n) is 5.70. The SMILES string of the molecule is NCCC(=O)Nc1ccn(Cc2ccncc2)n1. The minimum Gasteiger partial charge on any atom is -0.330 e. The highest BCUT2D eigenvalue weighted by molar-refractivity contribution is 5.89. The molecule has 2 heterocycles. The fraction of sp³-hybridized carbons (Fsp3) is 0.250. The van der Waals surface area contributed by atoms with Gasteiger partial charge in [0.05, 0.1) is 6.54 Å². The molecule has 3 N–H and O–H groups in total. The number of carbonyl (C=O) groups excluding carboxylic acids is 1. The normalized spacial score (nSPS) is 10.3. The summed E-state index contributed by atoms with van der Waals surface area (Å²) in [5.41, 5.74) is 6.40. The van der Waals surface area contributed by atoms with Crippen molar-refractivity contribution in [2.24, 2.45) is 5.73 Å². The minimum absolute atomic E-state index is 0.119. The Morgan fingerprint density at radius 1 is 1.33 bits per heavy atom. The smallest absolute Gasteiger partial charge is 0.226 e. The second-order valence-corrected chi connectivity index (χ2v) is 3.84. The van der Waals surface area contributed by atoms with Gasteiger partial charge in [-0.3, -0.25) is 14.5 Å². The second-order valence-electron chi connectivity index (χ2n) is 3.84. The Kier molecular flexibility index (Phi) is 4.03. The van der Waals surface area contributed by atoms with E-state index in [1.807, 2.05) is 18.3 Å². The molecule has 0 unspecified atom stereocenters. The molecule has 0 atom stereocenters. The summed E-state index contributed by atoms with van der Waals surface area (Å²) in [6, 6.07) is 5.61. The molecule has 6 nitrogen and oxygen atoms in total. The molecule has 94 valence electrons. The van der Waals surface area contributed by atoms with Crippen molar-refractivity contribution in [2.45, 2.75) is 13.0 Å². The summed E-state index contributed by atoms with van der Waals surface area (Å²) in [7, 11) is 0.